The first-order valence-electron chi connectivity index (χ1n) is 5.74. The van der Waals surface area contributed by atoms with Crippen molar-refractivity contribution in [1.29, 1.82) is 0 Å². The van der Waals surface area contributed by atoms with E-state index in [0.717, 1.165) is 27.2 Å². The van der Waals surface area contributed by atoms with Crippen molar-refractivity contribution >= 4 is 38.7 Å². The fourth-order valence-corrected chi connectivity index (χ4v) is 2.48. The van der Waals surface area contributed by atoms with E-state index in [-0.39, 0.29) is 0 Å². The molecule has 0 aliphatic carbocycles. The Morgan fingerprint density at radius 2 is 2.16 bits per heavy atom. The molecule has 0 aliphatic heterocycles. The molecular formula is C13H10BrClN4. The number of imidazole rings is 1. The van der Waals surface area contributed by atoms with Crippen molar-refractivity contribution < 1.29 is 0 Å². The maximum Gasteiger partial charge on any atom is 0.160 e. The highest BCUT2D eigenvalue weighted by Gasteiger charge is 2.12. The van der Waals surface area contributed by atoms with Crippen LogP contribution in [0.5, 0.6) is 0 Å². The number of nitrogens with zero attached hydrogens (tertiary/aromatic N) is 4. The van der Waals surface area contributed by atoms with Crippen LogP contribution in [0, 0.1) is 0 Å². The molecule has 3 aromatic heterocycles. The predicted molar refractivity (Wildman–Crippen MR) is 78.1 cm³/mol. The molecule has 19 heavy (non-hydrogen) atoms. The molecule has 0 saturated carbocycles. The van der Waals surface area contributed by atoms with Crippen molar-refractivity contribution in [3.63, 3.8) is 0 Å². The summed E-state index contributed by atoms with van der Waals surface area (Å²) in [6.07, 6.45) is 3.54. The molecule has 0 N–H and O–H groups in total. The van der Waals surface area contributed by atoms with Gasteiger partial charge in [0.1, 0.15) is 11.3 Å². The molecule has 3 aromatic rings. The van der Waals surface area contributed by atoms with Gasteiger partial charge >= 0.3 is 0 Å². The Kier molecular flexibility index (Phi) is 3.48. The van der Waals surface area contributed by atoms with E-state index in [0.29, 0.717) is 12.4 Å². The molecular weight excluding hydrogens is 328 g/mol. The lowest BCUT2D eigenvalue weighted by Gasteiger charge is -2.06. The second kappa shape index (κ2) is 5.27. The Hall–Kier alpha value is -1.46. The summed E-state index contributed by atoms with van der Waals surface area (Å²) < 4.78 is 2.90. The van der Waals surface area contributed by atoms with Crippen molar-refractivity contribution in [3.05, 3.63) is 52.7 Å². The van der Waals surface area contributed by atoms with Crippen LogP contribution in [0.1, 0.15) is 11.5 Å². The number of hydrogen-bond acceptors (Lipinski definition) is 3. The van der Waals surface area contributed by atoms with Crippen LogP contribution in [0.15, 0.2) is 41.1 Å². The summed E-state index contributed by atoms with van der Waals surface area (Å²) in [4.78, 5) is 13.2. The van der Waals surface area contributed by atoms with E-state index in [9.17, 15) is 0 Å². The lowest BCUT2D eigenvalue weighted by Crippen LogP contribution is -2.05. The van der Waals surface area contributed by atoms with Gasteiger partial charge in [0.25, 0.3) is 0 Å². The van der Waals surface area contributed by atoms with Gasteiger partial charge in [-0.2, -0.15) is 0 Å². The third-order valence-corrected chi connectivity index (χ3v) is 3.47. The highest BCUT2D eigenvalue weighted by atomic mass is 79.9. The Morgan fingerprint density at radius 3 is 2.89 bits per heavy atom. The maximum absolute atomic E-state index is 5.97. The number of rotatable bonds is 3. The minimum absolute atomic E-state index is 0.348. The molecule has 0 amide bonds. The topological polar surface area (TPSA) is 43.6 Å². The summed E-state index contributed by atoms with van der Waals surface area (Å²) in [7, 11) is 0. The van der Waals surface area contributed by atoms with E-state index in [1.807, 2.05) is 28.8 Å². The molecule has 6 heteroatoms. The van der Waals surface area contributed by atoms with Crippen LogP contribution in [0.4, 0.5) is 0 Å². The van der Waals surface area contributed by atoms with Crippen molar-refractivity contribution in [2.75, 3.05) is 0 Å². The van der Waals surface area contributed by atoms with E-state index < -0.39 is 0 Å². The van der Waals surface area contributed by atoms with E-state index in [2.05, 4.69) is 30.9 Å². The summed E-state index contributed by atoms with van der Waals surface area (Å²) in [6, 6.07) is 7.77. The molecule has 0 aromatic carbocycles. The van der Waals surface area contributed by atoms with Crippen molar-refractivity contribution in [3.8, 4) is 0 Å². The lowest BCUT2D eigenvalue weighted by molar-refractivity contribution is 0.751. The first-order chi connectivity index (χ1) is 9.28. The first-order valence-corrected chi connectivity index (χ1v) is 7.07. The number of fused-ring (bicyclic) bond motifs is 1. The van der Waals surface area contributed by atoms with Gasteiger partial charge < -0.3 is 4.57 Å². The Labute approximate surface area is 123 Å². The smallest absolute Gasteiger partial charge is 0.160 e. The third kappa shape index (κ3) is 2.48. The number of pyridine rings is 2. The summed E-state index contributed by atoms with van der Waals surface area (Å²) >= 11 is 9.36. The van der Waals surface area contributed by atoms with Gasteiger partial charge in [-0.1, -0.05) is 6.07 Å². The number of hydrogen-bond donors (Lipinski definition) is 0. The van der Waals surface area contributed by atoms with Crippen LogP contribution >= 0.6 is 27.5 Å². The second-order valence-corrected chi connectivity index (χ2v) is 5.25. The van der Waals surface area contributed by atoms with Crippen LogP contribution in [0.3, 0.4) is 0 Å². The van der Waals surface area contributed by atoms with Crippen molar-refractivity contribution in [2.24, 2.45) is 0 Å². The zero-order valence-corrected chi connectivity index (χ0v) is 12.3. The monoisotopic (exact) mass is 336 g/mol. The van der Waals surface area contributed by atoms with Gasteiger partial charge in [0.15, 0.2) is 5.65 Å². The minimum atomic E-state index is 0.348. The number of aromatic nitrogens is 4. The van der Waals surface area contributed by atoms with E-state index >= 15 is 0 Å². The van der Waals surface area contributed by atoms with Crippen LogP contribution in [0.25, 0.3) is 11.2 Å². The van der Waals surface area contributed by atoms with Crippen molar-refractivity contribution in [1.82, 2.24) is 19.5 Å². The van der Waals surface area contributed by atoms with Crippen LogP contribution in [0.2, 0.25) is 0 Å². The molecule has 0 aliphatic rings. The normalized spacial score (nSPS) is 11.1. The third-order valence-electron chi connectivity index (χ3n) is 2.80. The van der Waals surface area contributed by atoms with E-state index in [1.165, 1.54) is 0 Å². The quantitative estimate of drug-likeness (QED) is 0.688. The van der Waals surface area contributed by atoms with Gasteiger partial charge in [-0.25, -0.2) is 9.97 Å². The molecule has 0 unspecified atom stereocenters. The first kappa shape index (κ1) is 12.6. The average Bonchev–Trinajstić information content (AvgIpc) is 2.77. The minimum Gasteiger partial charge on any atom is -0.306 e. The van der Waals surface area contributed by atoms with E-state index in [1.54, 1.807) is 12.4 Å². The molecule has 96 valence electrons. The van der Waals surface area contributed by atoms with Gasteiger partial charge in [-0.05, 0) is 34.1 Å². The zero-order valence-electron chi connectivity index (χ0n) is 9.92. The van der Waals surface area contributed by atoms with Gasteiger partial charge in [-0.3, -0.25) is 4.98 Å². The van der Waals surface area contributed by atoms with Crippen LogP contribution < -0.4 is 0 Å². The molecule has 4 nitrogen and oxygen atoms in total. The fourth-order valence-electron chi connectivity index (χ4n) is 1.96. The summed E-state index contributed by atoms with van der Waals surface area (Å²) in [5.74, 6) is 1.15. The van der Waals surface area contributed by atoms with Gasteiger partial charge in [-0.15, -0.1) is 11.6 Å². The summed E-state index contributed by atoms with van der Waals surface area (Å²) in [6.45, 7) is 0.619. The summed E-state index contributed by atoms with van der Waals surface area (Å²) in [5.41, 5.74) is 2.61. The Bertz CT molecular complexity index is 711. The second-order valence-electron chi connectivity index (χ2n) is 4.07. The molecule has 3 rings (SSSR count). The SMILES string of the molecule is ClCc1nc2cc(Br)cnc2n1Cc1ccccn1. The summed E-state index contributed by atoms with van der Waals surface area (Å²) in [5, 5.41) is 0. The molecule has 0 saturated heterocycles. The molecule has 0 spiro atoms. The molecule has 0 bridgehead atoms. The number of halogens is 2. The van der Waals surface area contributed by atoms with E-state index in [4.69, 9.17) is 11.6 Å². The highest BCUT2D eigenvalue weighted by Crippen LogP contribution is 2.20. The van der Waals surface area contributed by atoms with Gasteiger partial charge in [0.05, 0.1) is 18.1 Å². The molecule has 0 atom stereocenters. The highest BCUT2D eigenvalue weighted by molar-refractivity contribution is 9.10. The standard InChI is InChI=1S/C13H10BrClN4/c14-9-5-11-13(17-7-9)19(12(6-15)18-11)8-10-3-1-2-4-16-10/h1-5,7H,6,8H2. The molecule has 0 radical (unpaired) electrons. The van der Waals surface area contributed by atoms with Crippen molar-refractivity contribution in [2.45, 2.75) is 12.4 Å². The Morgan fingerprint density at radius 1 is 1.26 bits per heavy atom. The maximum atomic E-state index is 5.97. The van der Waals surface area contributed by atoms with Gasteiger partial charge in [0, 0.05) is 16.9 Å². The Balaban J connectivity index is 2.11. The molecule has 0 fully saturated rings. The predicted octanol–water partition coefficient (Wildman–Crippen LogP) is 3.38. The van der Waals surface area contributed by atoms with Crippen LogP contribution in [-0.2, 0) is 12.4 Å². The lowest BCUT2D eigenvalue weighted by atomic mass is 10.3. The van der Waals surface area contributed by atoms with Gasteiger partial charge in [0.2, 0.25) is 0 Å². The number of alkyl halides is 1. The zero-order chi connectivity index (χ0) is 13.2. The van der Waals surface area contributed by atoms with Crippen LogP contribution in [-0.4, -0.2) is 19.5 Å². The average molecular weight is 338 g/mol. The molecule has 3 heterocycles. The fraction of sp³-hybridized carbons (Fsp3) is 0.154. The largest absolute Gasteiger partial charge is 0.306 e.